The second-order valence-corrected chi connectivity index (χ2v) is 15.3. The molecule has 1 aliphatic rings. The van der Waals surface area contributed by atoms with Gasteiger partial charge in [-0.1, -0.05) is 137 Å². The van der Waals surface area contributed by atoms with Crippen LogP contribution in [0.5, 0.6) is 0 Å². The summed E-state index contributed by atoms with van der Waals surface area (Å²) in [6, 6.07) is 0. The molecule has 0 aromatic rings. The van der Waals surface area contributed by atoms with Crippen LogP contribution in [-0.4, -0.2) is 49.2 Å². The molecule has 1 fully saturated rings. The van der Waals surface area contributed by atoms with Crippen molar-refractivity contribution in [1.82, 2.24) is 4.90 Å². The van der Waals surface area contributed by atoms with E-state index in [0.717, 1.165) is 43.9 Å². The Morgan fingerprint density at radius 3 is 1.74 bits per heavy atom. The summed E-state index contributed by atoms with van der Waals surface area (Å²) in [6.45, 7) is 15.5. The van der Waals surface area contributed by atoms with Crippen molar-refractivity contribution in [3.63, 3.8) is 0 Å². The van der Waals surface area contributed by atoms with Gasteiger partial charge in [0.25, 0.3) is 0 Å². The van der Waals surface area contributed by atoms with Crippen molar-refractivity contribution in [3.05, 3.63) is 0 Å². The van der Waals surface area contributed by atoms with E-state index < -0.39 is 0 Å². The van der Waals surface area contributed by atoms with E-state index in [2.05, 4.69) is 39.5 Å². The van der Waals surface area contributed by atoms with E-state index in [0.29, 0.717) is 25.4 Å². The molecule has 0 amide bonds. The number of carbonyl (C=O) groups is 2. The van der Waals surface area contributed by atoms with E-state index in [1.807, 2.05) is 0 Å². The molecular weight excluding hydrogens is 582 g/mol. The average molecular weight is 664 g/mol. The largest absolute Gasteiger partial charge is 0.466 e. The quantitative estimate of drug-likeness (QED) is 0.0529. The van der Waals surface area contributed by atoms with Crippen LogP contribution < -0.4 is 0 Å². The zero-order valence-electron chi connectivity index (χ0n) is 32.3. The number of unbranched alkanes of at least 4 members (excludes halogenated alkanes) is 13. The highest BCUT2D eigenvalue weighted by atomic mass is 16.5. The molecule has 278 valence electrons. The van der Waals surface area contributed by atoms with Crippen molar-refractivity contribution in [1.29, 1.82) is 0 Å². The van der Waals surface area contributed by atoms with E-state index in [9.17, 15) is 9.59 Å². The van der Waals surface area contributed by atoms with Gasteiger partial charge in [-0.2, -0.15) is 0 Å². The summed E-state index contributed by atoms with van der Waals surface area (Å²) in [5, 5.41) is 0. The molecular formula is C42H81NO4. The van der Waals surface area contributed by atoms with Gasteiger partial charge in [0.2, 0.25) is 0 Å². The Kier molecular flexibility index (Phi) is 28.9. The minimum atomic E-state index is 0.00971. The molecule has 0 spiro atoms. The molecule has 47 heavy (non-hydrogen) atoms. The Bertz CT molecular complexity index is 717. The fourth-order valence-electron chi connectivity index (χ4n) is 7.47. The van der Waals surface area contributed by atoms with Crippen molar-refractivity contribution in [2.75, 3.05) is 26.2 Å². The highest BCUT2D eigenvalue weighted by molar-refractivity contribution is 5.69. The van der Waals surface area contributed by atoms with Crippen LogP contribution >= 0.6 is 0 Å². The molecule has 0 aliphatic heterocycles. The van der Waals surface area contributed by atoms with Crippen molar-refractivity contribution in [2.45, 2.75) is 214 Å². The second-order valence-electron chi connectivity index (χ2n) is 15.3. The number of hydrogen-bond acceptors (Lipinski definition) is 5. The molecule has 3 unspecified atom stereocenters. The van der Waals surface area contributed by atoms with Crippen molar-refractivity contribution < 1.29 is 19.1 Å². The van der Waals surface area contributed by atoms with Gasteiger partial charge in [-0.05, 0) is 95.7 Å². The number of carbonyl (C=O) groups excluding carboxylic acids is 2. The standard InChI is InChI=1S/C42H81NO4/c1-6-9-18-26-39(27-19-10-7-2)31-35-46-41(44)29-20-14-12-16-22-33-43(32-11-8-3)34-23-17-13-15-21-30-42(45)47-38(5)40-28-24-25-37(4)36-40/h37-40H,6-36H2,1-5H3. The highest BCUT2D eigenvalue weighted by Gasteiger charge is 2.26. The van der Waals surface area contributed by atoms with Gasteiger partial charge < -0.3 is 14.4 Å². The molecule has 3 atom stereocenters. The van der Waals surface area contributed by atoms with Crippen LogP contribution in [0, 0.1) is 17.8 Å². The molecule has 0 aromatic heterocycles. The predicted molar refractivity (Wildman–Crippen MR) is 201 cm³/mol. The van der Waals surface area contributed by atoms with Crippen molar-refractivity contribution >= 4 is 11.9 Å². The number of esters is 2. The summed E-state index contributed by atoms with van der Waals surface area (Å²) in [7, 11) is 0. The summed E-state index contributed by atoms with van der Waals surface area (Å²) in [6.07, 6.45) is 31.9. The monoisotopic (exact) mass is 664 g/mol. The lowest BCUT2D eigenvalue weighted by molar-refractivity contribution is -0.152. The van der Waals surface area contributed by atoms with Gasteiger partial charge in [-0.25, -0.2) is 0 Å². The number of rotatable bonds is 32. The Morgan fingerprint density at radius 2 is 1.17 bits per heavy atom. The first-order valence-electron chi connectivity index (χ1n) is 21.0. The number of ether oxygens (including phenoxy) is 2. The first kappa shape index (κ1) is 43.9. The van der Waals surface area contributed by atoms with Crippen LogP contribution in [0.15, 0.2) is 0 Å². The van der Waals surface area contributed by atoms with E-state index in [1.54, 1.807) is 0 Å². The van der Waals surface area contributed by atoms with Gasteiger partial charge in [0.05, 0.1) is 6.61 Å². The SMILES string of the molecule is CCCCCC(CCCCC)CCOC(=O)CCCCCCCN(CCCC)CCCCCCCC(=O)OC(C)C1CCCC(C)C1. The normalized spacial score (nSPS) is 17.3. The van der Waals surface area contributed by atoms with Gasteiger partial charge in [0.1, 0.15) is 6.10 Å². The third-order valence-electron chi connectivity index (χ3n) is 10.7. The maximum atomic E-state index is 12.3. The molecule has 5 nitrogen and oxygen atoms in total. The Morgan fingerprint density at radius 1 is 0.638 bits per heavy atom. The Labute approximate surface area is 293 Å². The average Bonchev–Trinajstić information content (AvgIpc) is 3.05. The summed E-state index contributed by atoms with van der Waals surface area (Å²) in [5.41, 5.74) is 0. The van der Waals surface area contributed by atoms with Crippen LogP contribution in [0.4, 0.5) is 0 Å². The maximum Gasteiger partial charge on any atom is 0.306 e. The summed E-state index contributed by atoms with van der Waals surface area (Å²) in [4.78, 5) is 27.3. The molecule has 0 saturated heterocycles. The van der Waals surface area contributed by atoms with Gasteiger partial charge in [-0.15, -0.1) is 0 Å². The first-order chi connectivity index (χ1) is 22.9. The molecule has 1 aliphatic carbocycles. The fourth-order valence-corrected chi connectivity index (χ4v) is 7.47. The van der Waals surface area contributed by atoms with Crippen LogP contribution in [-0.2, 0) is 19.1 Å². The molecule has 0 N–H and O–H groups in total. The zero-order chi connectivity index (χ0) is 34.4. The third-order valence-corrected chi connectivity index (χ3v) is 10.7. The van der Waals surface area contributed by atoms with E-state index in [4.69, 9.17) is 9.47 Å². The van der Waals surface area contributed by atoms with Crippen molar-refractivity contribution in [3.8, 4) is 0 Å². The van der Waals surface area contributed by atoms with Crippen LogP contribution in [0.1, 0.15) is 208 Å². The number of hydrogen-bond donors (Lipinski definition) is 0. The smallest absolute Gasteiger partial charge is 0.306 e. The predicted octanol–water partition coefficient (Wildman–Crippen LogP) is 12.2. The first-order valence-corrected chi connectivity index (χ1v) is 21.0. The highest BCUT2D eigenvalue weighted by Crippen LogP contribution is 2.32. The fraction of sp³-hybridized carbons (Fsp3) is 0.952. The van der Waals surface area contributed by atoms with E-state index in [-0.39, 0.29) is 18.0 Å². The topological polar surface area (TPSA) is 55.8 Å². The van der Waals surface area contributed by atoms with Gasteiger partial charge in [0.15, 0.2) is 0 Å². The zero-order valence-corrected chi connectivity index (χ0v) is 32.3. The van der Waals surface area contributed by atoms with Crippen LogP contribution in [0.2, 0.25) is 0 Å². The lowest BCUT2D eigenvalue weighted by Crippen LogP contribution is -2.28. The van der Waals surface area contributed by atoms with Crippen LogP contribution in [0.25, 0.3) is 0 Å². The minimum Gasteiger partial charge on any atom is -0.466 e. The molecule has 0 aromatic carbocycles. The lowest BCUT2D eigenvalue weighted by atomic mass is 9.80. The Balaban J connectivity index is 2.07. The molecule has 1 rings (SSSR count). The minimum absolute atomic E-state index is 0.00971. The van der Waals surface area contributed by atoms with Crippen LogP contribution in [0.3, 0.4) is 0 Å². The summed E-state index contributed by atoms with van der Waals surface area (Å²) < 4.78 is 11.4. The van der Waals surface area contributed by atoms with Gasteiger partial charge >= 0.3 is 11.9 Å². The van der Waals surface area contributed by atoms with Gasteiger partial charge in [0, 0.05) is 12.8 Å². The summed E-state index contributed by atoms with van der Waals surface area (Å²) in [5.74, 6) is 2.08. The Hall–Kier alpha value is -1.10. The molecule has 0 heterocycles. The third kappa shape index (κ3) is 25.5. The molecule has 0 bridgehead atoms. The lowest BCUT2D eigenvalue weighted by Gasteiger charge is -2.30. The van der Waals surface area contributed by atoms with Gasteiger partial charge in [-0.3, -0.25) is 9.59 Å². The second kappa shape index (κ2) is 30.9. The molecule has 0 radical (unpaired) electrons. The number of nitrogens with zero attached hydrogens (tertiary/aromatic N) is 1. The van der Waals surface area contributed by atoms with Crippen molar-refractivity contribution in [2.24, 2.45) is 17.8 Å². The molecule has 1 saturated carbocycles. The van der Waals surface area contributed by atoms with E-state index in [1.165, 1.54) is 148 Å². The molecule has 5 heteroatoms. The maximum absolute atomic E-state index is 12.3. The van der Waals surface area contributed by atoms with E-state index >= 15 is 0 Å². The summed E-state index contributed by atoms with van der Waals surface area (Å²) >= 11 is 0.